The van der Waals surface area contributed by atoms with E-state index in [-0.39, 0.29) is 11.5 Å². The predicted molar refractivity (Wildman–Crippen MR) is 123 cm³/mol. The number of aromatic nitrogens is 3. The fraction of sp³-hybridized carbons (Fsp3) is 0.318. The third-order valence-electron chi connectivity index (χ3n) is 4.90. The van der Waals surface area contributed by atoms with Crippen LogP contribution < -0.4 is 9.64 Å². The van der Waals surface area contributed by atoms with Crippen LogP contribution in [0, 0.1) is 0 Å². The number of ketones is 1. The van der Waals surface area contributed by atoms with Crippen molar-refractivity contribution in [2.24, 2.45) is 7.05 Å². The molecule has 0 bridgehead atoms. The SMILES string of the molecule is CCN(CC)c1ccc(-c2nnc(SCC(=O)c3ccc(OC)c(Cl)c3)n2C)cc1. The van der Waals surface area contributed by atoms with Crippen molar-refractivity contribution in [3.63, 3.8) is 0 Å². The van der Waals surface area contributed by atoms with Gasteiger partial charge in [-0.1, -0.05) is 23.4 Å². The highest BCUT2D eigenvalue weighted by atomic mass is 35.5. The highest BCUT2D eigenvalue weighted by Crippen LogP contribution is 2.28. The lowest BCUT2D eigenvalue weighted by atomic mass is 10.1. The van der Waals surface area contributed by atoms with Crippen molar-refractivity contribution >= 4 is 34.8 Å². The number of ether oxygens (including phenoxy) is 1. The van der Waals surface area contributed by atoms with E-state index in [1.807, 2.05) is 11.6 Å². The number of halogens is 1. The molecule has 0 atom stereocenters. The molecule has 30 heavy (non-hydrogen) atoms. The Morgan fingerprint density at radius 3 is 2.43 bits per heavy atom. The summed E-state index contributed by atoms with van der Waals surface area (Å²) in [5.74, 6) is 1.53. The van der Waals surface area contributed by atoms with E-state index in [0.29, 0.717) is 21.5 Å². The van der Waals surface area contributed by atoms with E-state index in [0.717, 1.165) is 24.5 Å². The zero-order valence-electron chi connectivity index (χ0n) is 17.6. The lowest BCUT2D eigenvalue weighted by Gasteiger charge is -2.21. The van der Waals surface area contributed by atoms with Gasteiger partial charge in [0.15, 0.2) is 16.8 Å². The second-order valence-corrected chi connectivity index (χ2v) is 8.00. The maximum Gasteiger partial charge on any atom is 0.191 e. The Hall–Kier alpha value is -2.51. The van der Waals surface area contributed by atoms with Gasteiger partial charge in [0.2, 0.25) is 0 Å². The number of rotatable bonds is 9. The van der Waals surface area contributed by atoms with E-state index in [1.54, 1.807) is 25.3 Å². The van der Waals surface area contributed by atoms with Crippen LogP contribution in [0.5, 0.6) is 5.75 Å². The van der Waals surface area contributed by atoms with Crippen LogP contribution in [0.2, 0.25) is 5.02 Å². The average Bonchev–Trinajstić information content (AvgIpc) is 3.13. The standard InChI is InChI=1S/C22H25ClN4O2S/c1-5-27(6-2)17-10-7-15(8-11-17)21-24-25-22(26(21)3)30-14-19(28)16-9-12-20(29-4)18(23)13-16/h7-13H,5-6,14H2,1-4H3. The summed E-state index contributed by atoms with van der Waals surface area (Å²) in [7, 11) is 3.45. The minimum absolute atomic E-state index is 0.0299. The largest absolute Gasteiger partial charge is 0.495 e. The number of hydrogen-bond donors (Lipinski definition) is 0. The first kappa shape index (κ1) is 22.2. The molecule has 6 nitrogen and oxygen atoms in total. The molecular weight excluding hydrogens is 420 g/mol. The molecule has 3 aromatic rings. The number of nitrogens with zero attached hydrogens (tertiary/aromatic N) is 4. The van der Waals surface area contributed by atoms with Crippen LogP contribution in [0.25, 0.3) is 11.4 Å². The van der Waals surface area contributed by atoms with Gasteiger partial charge in [-0.25, -0.2) is 0 Å². The molecule has 158 valence electrons. The maximum absolute atomic E-state index is 12.5. The van der Waals surface area contributed by atoms with Crippen molar-refractivity contribution in [2.75, 3.05) is 30.9 Å². The molecule has 3 rings (SSSR count). The van der Waals surface area contributed by atoms with Gasteiger partial charge < -0.3 is 14.2 Å². The first-order chi connectivity index (χ1) is 14.5. The fourth-order valence-electron chi connectivity index (χ4n) is 3.16. The number of anilines is 1. The molecule has 0 saturated carbocycles. The zero-order chi connectivity index (χ0) is 21.7. The van der Waals surface area contributed by atoms with E-state index >= 15 is 0 Å². The fourth-order valence-corrected chi connectivity index (χ4v) is 4.22. The minimum Gasteiger partial charge on any atom is -0.495 e. The quantitative estimate of drug-likeness (QED) is 0.343. The Bertz CT molecular complexity index is 1020. The van der Waals surface area contributed by atoms with Crippen molar-refractivity contribution in [3.8, 4) is 17.1 Å². The molecule has 0 unspecified atom stereocenters. The monoisotopic (exact) mass is 444 g/mol. The zero-order valence-corrected chi connectivity index (χ0v) is 19.1. The summed E-state index contributed by atoms with van der Waals surface area (Å²) < 4.78 is 7.04. The van der Waals surface area contributed by atoms with Crippen LogP contribution in [-0.4, -0.2) is 46.5 Å². The molecule has 0 amide bonds. The van der Waals surface area contributed by atoms with Crippen LogP contribution in [0.4, 0.5) is 5.69 Å². The van der Waals surface area contributed by atoms with E-state index in [1.165, 1.54) is 17.4 Å². The van der Waals surface area contributed by atoms with E-state index < -0.39 is 0 Å². The van der Waals surface area contributed by atoms with Gasteiger partial charge in [0.25, 0.3) is 0 Å². The molecule has 0 aliphatic carbocycles. The Labute approximate surface area is 186 Å². The Morgan fingerprint density at radius 1 is 1.13 bits per heavy atom. The van der Waals surface area contributed by atoms with Crippen molar-refractivity contribution in [1.29, 1.82) is 0 Å². The smallest absolute Gasteiger partial charge is 0.191 e. The number of methoxy groups -OCH3 is 1. The summed E-state index contributed by atoms with van der Waals surface area (Å²) >= 11 is 7.48. The molecule has 0 fully saturated rings. The number of hydrogen-bond acceptors (Lipinski definition) is 6. The van der Waals surface area contributed by atoms with E-state index in [4.69, 9.17) is 16.3 Å². The second kappa shape index (κ2) is 10.00. The number of thioether (sulfide) groups is 1. The molecule has 0 aliphatic rings. The molecule has 1 heterocycles. The van der Waals surface area contributed by atoms with Gasteiger partial charge in [0.1, 0.15) is 5.75 Å². The topological polar surface area (TPSA) is 60.3 Å². The summed E-state index contributed by atoms with van der Waals surface area (Å²) in [4.78, 5) is 14.8. The Balaban J connectivity index is 1.69. The molecular formula is C22H25ClN4O2S. The van der Waals surface area contributed by atoms with Crippen LogP contribution in [0.1, 0.15) is 24.2 Å². The van der Waals surface area contributed by atoms with E-state index in [9.17, 15) is 4.79 Å². The lowest BCUT2D eigenvalue weighted by Crippen LogP contribution is -2.21. The van der Waals surface area contributed by atoms with Gasteiger partial charge in [0, 0.05) is 37.0 Å². The number of carbonyl (C=O) groups excluding carboxylic acids is 1. The first-order valence-electron chi connectivity index (χ1n) is 9.72. The van der Waals surface area contributed by atoms with Crippen molar-refractivity contribution in [2.45, 2.75) is 19.0 Å². The molecule has 0 radical (unpaired) electrons. The second-order valence-electron chi connectivity index (χ2n) is 6.65. The van der Waals surface area contributed by atoms with Crippen LogP contribution in [-0.2, 0) is 7.05 Å². The number of Topliss-reactive ketones (excluding diaryl/α,β-unsaturated/α-hetero) is 1. The van der Waals surface area contributed by atoms with Crippen LogP contribution in [0.15, 0.2) is 47.6 Å². The van der Waals surface area contributed by atoms with Gasteiger partial charge in [-0.3, -0.25) is 4.79 Å². The summed E-state index contributed by atoms with van der Waals surface area (Å²) in [6.07, 6.45) is 0. The average molecular weight is 445 g/mol. The Morgan fingerprint density at radius 2 is 1.83 bits per heavy atom. The summed E-state index contributed by atoms with van der Waals surface area (Å²) in [5, 5.41) is 9.68. The van der Waals surface area contributed by atoms with Crippen molar-refractivity contribution in [3.05, 3.63) is 53.1 Å². The molecule has 0 aliphatic heterocycles. The molecule has 0 saturated heterocycles. The predicted octanol–water partition coefficient (Wildman–Crippen LogP) is 4.97. The number of benzene rings is 2. The number of carbonyl (C=O) groups is 1. The Kier molecular flexibility index (Phi) is 7.39. The lowest BCUT2D eigenvalue weighted by molar-refractivity contribution is 0.102. The minimum atomic E-state index is -0.0299. The normalized spacial score (nSPS) is 10.8. The van der Waals surface area contributed by atoms with Crippen LogP contribution in [0.3, 0.4) is 0 Å². The molecule has 1 aromatic heterocycles. The maximum atomic E-state index is 12.5. The van der Waals surface area contributed by atoms with E-state index in [2.05, 4.69) is 53.2 Å². The highest BCUT2D eigenvalue weighted by Gasteiger charge is 2.15. The third kappa shape index (κ3) is 4.79. The molecule has 0 spiro atoms. The molecule has 8 heteroatoms. The van der Waals surface area contributed by atoms with Crippen LogP contribution >= 0.6 is 23.4 Å². The van der Waals surface area contributed by atoms with Gasteiger partial charge in [0.05, 0.1) is 17.9 Å². The molecule has 0 N–H and O–H groups in total. The first-order valence-corrected chi connectivity index (χ1v) is 11.1. The highest BCUT2D eigenvalue weighted by molar-refractivity contribution is 7.99. The molecule has 2 aromatic carbocycles. The van der Waals surface area contributed by atoms with Gasteiger partial charge in [-0.2, -0.15) is 0 Å². The summed E-state index contributed by atoms with van der Waals surface area (Å²) in [6, 6.07) is 13.3. The summed E-state index contributed by atoms with van der Waals surface area (Å²) in [5.41, 5.74) is 2.72. The van der Waals surface area contributed by atoms with Gasteiger partial charge in [-0.05, 0) is 56.3 Å². The van der Waals surface area contributed by atoms with Gasteiger partial charge >= 0.3 is 0 Å². The third-order valence-corrected chi connectivity index (χ3v) is 6.21. The summed E-state index contributed by atoms with van der Waals surface area (Å²) in [6.45, 7) is 6.22. The van der Waals surface area contributed by atoms with Crippen molar-refractivity contribution < 1.29 is 9.53 Å². The van der Waals surface area contributed by atoms with Crippen molar-refractivity contribution in [1.82, 2.24) is 14.8 Å². The van der Waals surface area contributed by atoms with Gasteiger partial charge in [-0.15, -0.1) is 10.2 Å².